The van der Waals surface area contributed by atoms with Crippen molar-refractivity contribution in [2.45, 2.75) is 44.6 Å². The van der Waals surface area contributed by atoms with Gasteiger partial charge in [-0.1, -0.05) is 0 Å². The molecule has 0 radical (unpaired) electrons. The van der Waals surface area contributed by atoms with Gasteiger partial charge in [-0.25, -0.2) is 9.48 Å². The number of likely N-dealkylation sites (tertiary alicyclic amines) is 2. The maximum atomic E-state index is 12.0. The molecule has 6 rings (SSSR count). The molecule has 0 bridgehead atoms. The molecule has 0 spiro atoms. The molecule has 2 aromatic heterocycles. The standard InChI is InChI=1S/C26H34N6O2/c1-17-7-19-11-28-32(23-12-27-29(2)15-23)25(19)10-24(17)18-8-20-13-31(14-21(20)9-18)22-5-4-6-30(16-22)26(33)34-3/h7,10-12,15,18,20-22H,4-6,8-9,13-14,16H2,1-3H3/t18?,20-,21+,22?. The van der Waals surface area contributed by atoms with E-state index in [4.69, 9.17) is 4.74 Å². The molecule has 4 atom stereocenters. The minimum atomic E-state index is -0.180. The maximum absolute atomic E-state index is 12.0. The molecule has 2 aliphatic heterocycles. The highest BCUT2D eigenvalue weighted by Crippen LogP contribution is 2.48. The van der Waals surface area contributed by atoms with Crippen LogP contribution in [0.4, 0.5) is 4.79 Å². The summed E-state index contributed by atoms with van der Waals surface area (Å²) in [5.74, 6) is 2.10. The van der Waals surface area contributed by atoms with Crippen molar-refractivity contribution in [3.8, 4) is 5.69 Å². The summed E-state index contributed by atoms with van der Waals surface area (Å²) < 4.78 is 8.80. The second-order valence-electron chi connectivity index (χ2n) is 10.6. The van der Waals surface area contributed by atoms with Crippen LogP contribution in [0.5, 0.6) is 0 Å². The number of aromatic nitrogens is 4. The fourth-order valence-corrected chi connectivity index (χ4v) is 6.80. The number of hydrogen-bond acceptors (Lipinski definition) is 5. The van der Waals surface area contributed by atoms with Gasteiger partial charge in [0.1, 0.15) is 5.69 Å². The molecule has 1 saturated carbocycles. The quantitative estimate of drug-likeness (QED) is 0.593. The Kier molecular flexibility index (Phi) is 5.36. The number of hydrogen-bond donors (Lipinski definition) is 0. The first kappa shape index (κ1) is 21.6. The Bertz CT molecular complexity index is 1200. The van der Waals surface area contributed by atoms with Crippen LogP contribution in [-0.4, -0.2) is 74.8 Å². The lowest BCUT2D eigenvalue weighted by molar-refractivity contribution is 0.0811. The topological polar surface area (TPSA) is 68.4 Å². The Morgan fingerprint density at radius 3 is 2.59 bits per heavy atom. The van der Waals surface area contributed by atoms with Gasteiger partial charge in [0.25, 0.3) is 0 Å². The number of amides is 1. The van der Waals surface area contributed by atoms with Crippen molar-refractivity contribution in [1.29, 1.82) is 0 Å². The Hall–Kier alpha value is -2.87. The third kappa shape index (κ3) is 3.68. The molecule has 180 valence electrons. The van der Waals surface area contributed by atoms with E-state index in [2.05, 4.69) is 34.2 Å². The average molecular weight is 463 g/mol. The van der Waals surface area contributed by atoms with Crippen molar-refractivity contribution in [2.75, 3.05) is 33.3 Å². The van der Waals surface area contributed by atoms with Gasteiger partial charge in [-0.2, -0.15) is 10.2 Å². The summed E-state index contributed by atoms with van der Waals surface area (Å²) in [5, 5.41) is 10.2. The number of ether oxygens (including phenoxy) is 1. The van der Waals surface area contributed by atoms with E-state index in [9.17, 15) is 4.79 Å². The van der Waals surface area contributed by atoms with E-state index >= 15 is 0 Å². The van der Waals surface area contributed by atoms with Gasteiger partial charge in [0.2, 0.25) is 0 Å². The number of carbonyl (C=O) groups is 1. The molecule has 3 aliphatic rings. The molecule has 1 amide bonds. The summed E-state index contributed by atoms with van der Waals surface area (Å²) in [4.78, 5) is 16.6. The monoisotopic (exact) mass is 462 g/mol. The predicted octanol–water partition coefficient (Wildman–Crippen LogP) is 3.72. The van der Waals surface area contributed by atoms with E-state index < -0.39 is 0 Å². The number of fused-ring (bicyclic) bond motifs is 2. The number of aryl methyl sites for hydroxylation is 2. The van der Waals surface area contributed by atoms with Crippen molar-refractivity contribution >= 4 is 17.0 Å². The van der Waals surface area contributed by atoms with Gasteiger partial charge in [-0.3, -0.25) is 9.58 Å². The van der Waals surface area contributed by atoms with Crippen molar-refractivity contribution < 1.29 is 9.53 Å². The first-order valence-electron chi connectivity index (χ1n) is 12.5. The Balaban J connectivity index is 1.18. The van der Waals surface area contributed by atoms with Crippen LogP contribution >= 0.6 is 0 Å². The highest BCUT2D eigenvalue weighted by Gasteiger charge is 2.44. The molecule has 8 nitrogen and oxygen atoms in total. The van der Waals surface area contributed by atoms with Gasteiger partial charge in [0, 0.05) is 44.7 Å². The van der Waals surface area contributed by atoms with E-state index in [1.807, 2.05) is 39.9 Å². The van der Waals surface area contributed by atoms with Gasteiger partial charge < -0.3 is 9.64 Å². The average Bonchev–Trinajstić information content (AvgIpc) is 3.60. The van der Waals surface area contributed by atoms with Crippen LogP contribution < -0.4 is 0 Å². The van der Waals surface area contributed by atoms with E-state index in [0.29, 0.717) is 12.0 Å². The number of methoxy groups -OCH3 is 1. The zero-order chi connectivity index (χ0) is 23.4. The summed E-state index contributed by atoms with van der Waals surface area (Å²) in [7, 11) is 3.42. The van der Waals surface area contributed by atoms with Crippen LogP contribution in [0, 0.1) is 18.8 Å². The summed E-state index contributed by atoms with van der Waals surface area (Å²) in [5.41, 5.74) is 5.02. The summed E-state index contributed by atoms with van der Waals surface area (Å²) in [6.45, 7) is 6.21. The molecule has 0 N–H and O–H groups in total. The molecule has 2 unspecified atom stereocenters. The summed E-state index contributed by atoms with van der Waals surface area (Å²) in [6, 6.07) is 5.15. The van der Waals surface area contributed by atoms with E-state index in [-0.39, 0.29) is 6.09 Å². The Morgan fingerprint density at radius 1 is 1.09 bits per heavy atom. The van der Waals surface area contributed by atoms with E-state index in [0.717, 1.165) is 55.6 Å². The molecule has 4 heterocycles. The largest absolute Gasteiger partial charge is 0.453 e. The SMILES string of the molecule is COC(=O)N1CCCC(N2C[C@H]3CC(c4cc5c(cnn5-c5cnn(C)c5)cc4C)C[C@H]3C2)C1. The number of benzene rings is 1. The Labute approximate surface area is 200 Å². The lowest BCUT2D eigenvalue weighted by Crippen LogP contribution is -2.49. The van der Waals surface area contributed by atoms with Crippen molar-refractivity contribution in [2.24, 2.45) is 18.9 Å². The summed E-state index contributed by atoms with van der Waals surface area (Å²) in [6.07, 6.45) is 10.4. The first-order chi connectivity index (χ1) is 16.5. The maximum Gasteiger partial charge on any atom is 0.409 e. The highest BCUT2D eigenvalue weighted by molar-refractivity contribution is 5.82. The van der Waals surface area contributed by atoms with Crippen molar-refractivity contribution in [3.63, 3.8) is 0 Å². The van der Waals surface area contributed by atoms with Crippen LogP contribution in [-0.2, 0) is 11.8 Å². The third-order valence-electron chi connectivity index (χ3n) is 8.46. The lowest BCUT2D eigenvalue weighted by Gasteiger charge is -2.37. The third-order valence-corrected chi connectivity index (χ3v) is 8.46. The number of rotatable bonds is 3. The molecule has 8 heteroatoms. The van der Waals surface area contributed by atoms with E-state index in [1.54, 1.807) is 0 Å². The van der Waals surface area contributed by atoms with Gasteiger partial charge in [-0.05, 0) is 73.6 Å². The minimum Gasteiger partial charge on any atom is -0.453 e. The zero-order valence-corrected chi connectivity index (χ0v) is 20.4. The van der Waals surface area contributed by atoms with Crippen molar-refractivity contribution in [1.82, 2.24) is 29.4 Å². The molecule has 1 aromatic carbocycles. The van der Waals surface area contributed by atoms with Gasteiger partial charge in [-0.15, -0.1) is 0 Å². The van der Waals surface area contributed by atoms with Crippen LogP contribution in [0.3, 0.4) is 0 Å². The molecule has 34 heavy (non-hydrogen) atoms. The molecule has 1 aliphatic carbocycles. The second-order valence-corrected chi connectivity index (χ2v) is 10.6. The first-order valence-corrected chi connectivity index (χ1v) is 12.5. The lowest BCUT2D eigenvalue weighted by atomic mass is 9.91. The second kappa shape index (κ2) is 8.41. The van der Waals surface area contributed by atoms with Gasteiger partial charge in [0.05, 0.1) is 31.2 Å². The highest BCUT2D eigenvalue weighted by atomic mass is 16.5. The van der Waals surface area contributed by atoms with Gasteiger partial charge >= 0.3 is 6.09 Å². The fourth-order valence-electron chi connectivity index (χ4n) is 6.80. The fraction of sp³-hybridized carbons (Fsp3) is 0.577. The molecular weight excluding hydrogens is 428 g/mol. The number of nitrogens with zero attached hydrogens (tertiary/aromatic N) is 6. The van der Waals surface area contributed by atoms with Crippen LogP contribution in [0.15, 0.2) is 30.7 Å². The molecular formula is C26H34N6O2. The predicted molar refractivity (Wildman–Crippen MR) is 130 cm³/mol. The van der Waals surface area contributed by atoms with Crippen LogP contribution in [0.25, 0.3) is 16.6 Å². The number of carbonyl (C=O) groups excluding carboxylic acids is 1. The number of piperidine rings is 1. The smallest absolute Gasteiger partial charge is 0.409 e. The van der Waals surface area contributed by atoms with E-state index in [1.165, 1.54) is 42.9 Å². The molecule has 3 fully saturated rings. The van der Waals surface area contributed by atoms with Crippen LogP contribution in [0.1, 0.15) is 42.7 Å². The molecule has 2 saturated heterocycles. The van der Waals surface area contributed by atoms with Gasteiger partial charge in [0.15, 0.2) is 0 Å². The Morgan fingerprint density at radius 2 is 1.88 bits per heavy atom. The minimum absolute atomic E-state index is 0.180. The zero-order valence-electron chi connectivity index (χ0n) is 20.4. The normalized spacial score (nSPS) is 27.4. The molecule has 3 aromatic rings. The summed E-state index contributed by atoms with van der Waals surface area (Å²) >= 11 is 0. The van der Waals surface area contributed by atoms with Crippen LogP contribution in [0.2, 0.25) is 0 Å². The van der Waals surface area contributed by atoms with Crippen molar-refractivity contribution in [3.05, 3.63) is 41.9 Å².